The van der Waals surface area contributed by atoms with Crippen LogP contribution in [0.4, 0.5) is 0 Å². The van der Waals surface area contributed by atoms with Crippen LogP contribution < -0.4 is 5.73 Å². The van der Waals surface area contributed by atoms with Crippen LogP contribution in [-0.2, 0) is 11.2 Å². The molecule has 1 aromatic carbocycles. The number of hydrogen-bond donors (Lipinski definition) is 1. The normalized spacial score (nSPS) is 26.1. The number of halogens is 2. The summed E-state index contributed by atoms with van der Waals surface area (Å²) >= 11 is 12.3. The van der Waals surface area contributed by atoms with Gasteiger partial charge in [0.2, 0.25) is 0 Å². The smallest absolute Gasteiger partial charge is 0.0755 e. The van der Waals surface area contributed by atoms with E-state index in [1.165, 1.54) is 0 Å². The van der Waals surface area contributed by atoms with Gasteiger partial charge in [0.25, 0.3) is 0 Å². The van der Waals surface area contributed by atoms with Crippen molar-refractivity contribution in [3.05, 3.63) is 33.8 Å². The Kier molecular flexibility index (Phi) is 4.31. The van der Waals surface area contributed by atoms with Crippen molar-refractivity contribution in [1.29, 1.82) is 0 Å². The lowest BCUT2D eigenvalue weighted by Gasteiger charge is -2.23. The molecular weight excluding hydrogens is 257 g/mol. The van der Waals surface area contributed by atoms with Crippen LogP contribution in [0.15, 0.2) is 18.2 Å². The van der Waals surface area contributed by atoms with Gasteiger partial charge in [-0.25, -0.2) is 0 Å². The van der Waals surface area contributed by atoms with E-state index >= 15 is 0 Å². The fraction of sp³-hybridized carbons (Fsp3) is 0.538. The average Bonchev–Trinajstić information content (AvgIpc) is 2.70. The Bertz CT molecular complexity index is 377. The number of benzene rings is 1. The molecule has 0 bridgehead atoms. The molecule has 4 heteroatoms. The molecule has 0 aromatic heterocycles. The molecule has 0 spiro atoms. The molecule has 3 atom stereocenters. The van der Waals surface area contributed by atoms with Gasteiger partial charge >= 0.3 is 0 Å². The number of nitrogens with two attached hydrogens (primary N) is 1. The SMILES string of the molecule is CC1CCOC1C(N)Cc1c(Cl)cccc1Cl. The molecule has 1 fully saturated rings. The predicted molar refractivity (Wildman–Crippen MR) is 71.7 cm³/mol. The van der Waals surface area contributed by atoms with Crippen LogP contribution in [0.3, 0.4) is 0 Å². The fourth-order valence-electron chi connectivity index (χ4n) is 2.34. The van der Waals surface area contributed by atoms with Crippen molar-refractivity contribution < 1.29 is 4.74 Å². The maximum absolute atomic E-state index is 6.20. The lowest BCUT2D eigenvalue weighted by Crippen LogP contribution is -2.39. The predicted octanol–water partition coefficient (Wildman–Crippen LogP) is 3.29. The first-order valence-electron chi connectivity index (χ1n) is 5.89. The maximum atomic E-state index is 6.20. The third kappa shape index (κ3) is 2.94. The molecule has 1 heterocycles. The second kappa shape index (κ2) is 5.57. The van der Waals surface area contributed by atoms with Crippen LogP contribution in [0, 0.1) is 5.92 Å². The van der Waals surface area contributed by atoms with Gasteiger partial charge < -0.3 is 10.5 Å². The van der Waals surface area contributed by atoms with Crippen molar-refractivity contribution in [3.8, 4) is 0 Å². The Morgan fingerprint density at radius 1 is 1.41 bits per heavy atom. The van der Waals surface area contributed by atoms with Gasteiger partial charge in [0.05, 0.1) is 6.10 Å². The van der Waals surface area contributed by atoms with Crippen LogP contribution in [0.1, 0.15) is 18.9 Å². The van der Waals surface area contributed by atoms with Gasteiger partial charge in [-0.05, 0) is 36.5 Å². The molecule has 1 aromatic rings. The molecule has 0 radical (unpaired) electrons. The van der Waals surface area contributed by atoms with E-state index in [1.807, 2.05) is 18.2 Å². The number of hydrogen-bond acceptors (Lipinski definition) is 2. The highest BCUT2D eigenvalue weighted by Crippen LogP contribution is 2.29. The average molecular weight is 274 g/mol. The second-order valence-electron chi connectivity index (χ2n) is 4.67. The van der Waals surface area contributed by atoms with E-state index in [9.17, 15) is 0 Å². The Hall–Kier alpha value is -0.280. The lowest BCUT2D eigenvalue weighted by molar-refractivity contribution is 0.0726. The Balaban J connectivity index is 2.10. The lowest BCUT2D eigenvalue weighted by atomic mass is 9.93. The minimum atomic E-state index is -0.0510. The standard InChI is InChI=1S/C13H17Cl2NO/c1-8-5-6-17-13(8)12(16)7-9-10(14)3-2-4-11(9)15/h2-4,8,12-13H,5-7,16H2,1H3. The minimum absolute atomic E-state index is 0.0510. The highest BCUT2D eigenvalue weighted by molar-refractivity contribution is 6.36. The van der Waals surface area contributed by atoms with Gasteiger partial charge in [-0.15, -0.1) is 0 Å². The van der Waals surface area contributed by atoms with E-state index in [4.69, 9.17) is 33.7 Å². The first-order chi connectivity index (χ1) is 8.09. The molecule has 94 valence electrons. The largest absolute Gasteiger partial charge is 0.376 e. The van der Waals surface area contributed by atoms with Crippen molar-refractivity contribution >= 4 is 23.2 Å². The summed E-state index contributed by atoms with van der Waals surface area (Å²) in [4.78, 5) is 0. The Labute approximate surface area is 112 Å². The first kappa shape index (κ1) is 13.2. The van der Waals surface area contributed by atoms with E-state index < -0.39 is 0 Å². The van der Waals surface area contributed by atoms with E-state index in [-0.39, 0.29) is 12.1 Å². The molecule has 3 unspecified atom stereocenters. The monoisotopic (exact) mass is 273 g/mol. The molecule has 2 rings (SSSR count). The van der Waals surface area contributed by atoms with E-state index in [0.717, 1.165) is 18.6 Å². The molecule has 0 aliphatic carbocycles. The van der Waals surface area contributed by atoms with Crippen LogP contribution >= 0.6 is 23.2 Å². The summed E-state index contributed by atoms with van der Waals surface area (Å²) in [6.45, 7) is 2.97. The van der Waals surface area contributed by atoms with E-state index in [2.05, 4.69) is 6.92 Å². The van der Waals surface area contributed by atoms with Gasteiger partial charge in [0.1, 0.15) is 0 Å². The van der Waals surface area contributed by atoms with E-state index in [0.29, 0.717) is 22.4 Å². The van der Waals surface area contributed by atoms with Crippen LogP contribution in [0.5, 0.6) is 0 Å². The third-order valence-electron chi connectivity index (χ3n) is 3.37. The second-order valence-corrected chi connectivity index (χ2v) is 5.48. The minimum Gasteiger partial charge on any atom is -0.376 e. The number of rotatable bonds is 3. The summed E-state index contributed by atoms with van der Waals surface area (Å²) in [6, 6.07) is 5.47. The molecular formula is C13H17Cl2NO. The number of ether oxygens (including phenoxy) is 1. The summed E-state index contributed by atoms with van der Waals surface area (Å²) < 4.78 is 5.67. The molecule has 1 aliphatic rings. The van der Waals surface area contributed by atoms with Gasteiger partial charge in [-0.3, -0.25) is 0 Å². The molecule has 17 heavy (non-hydrogen) atoms. The van der Waals surface area contributed by atoms with Gasteiger partial charge in [0, 0.05) is 22.7 Å². The molecule has 0 saturated carbocycles. The van der Waals surface area contributed by atoms with E-state index in [1.54, 1.807) is 0 Å². The topological polar surface area (TPSA) is 35.2 Å². The summed E-state index contributed by atoms with van der Waals surface area (Å²) in [5.41, 5.74) is 7.12. The van der Waals surface area contributed by atoms with Crippen molar-refractivity contribution in [2.75, 3.05) is 6.61 Å². The molecule has 2 nitrogen and oxygen atoms in total. The van der Waals surface area contributed by atoms with Gasteiger partial charge in [-0.2, -0.15) is 0 Å². The fourth-order valence-corrected chi connectivity index (χ4v) is 2.90. The third-order valence-corrected chi connectivity index (χ3v) is 4.08. The first-order valence-corrected chi connectivity index (χ1v) is 6.65. The van der Waals surface area contributed by atoms with Gasteiger partial charge in [-0.1, -0.05) is 36.2 Å². The zero-order chi connectivity index (χ0) is 12.4. The zero-order valence-corrected chi connectivity index (χ0v) is 11.3. The van der Waals surface area contributed by atoms with Crippen molar-refractivity contribution in [2.24, 2.45) is 11.7 Å². The quantitative estimate of drug-likeness (QED) is 0.918. The molecule has 2 N–H and O–H groups in total. The van der Waals surface area contributed by atoms with Crippen molar-refractivity contribution in [1.82, 2.24) is 0 Å². The summed E-state index contributed by atoms with van der Waals surface area (Å²) in [5, 5.41) is 1.36. The Morgan fingerprint density at radius 2 is 2.06 bits per heavy atom. The summed E-state index contributed by atoms with van der Waals surface area (Å²) in [6.07, 6.45) is 1.85. The van der Waals surface area contributed by atoms with Crippen LogP contribution in [0.2, 0.25) is 10.0 Å². The maximum Gasteiger partial charge on any atom is 0.0755 e. The van der Waals surface area contributed by atoms with Crippen molar-refractivity contribution in [2.45, 2.75) is 31.9 Å². The van der Waals surface area contributed by atoms with Crippen LogP contribution in [-0.4, -0.2) is 18.8 Å². The zero-order valence-electron chi connectivity index (χ0n) is 9.83. The van der Waals surface area contributed by atoms with Crippen molar-refractivity contribution in [3.63, 3.8) is 0 Å². The summed E-state index contributed by atoms with van der Waals surface area (Å²) in [5.74, 6) is 0.506. The highest BCUT2D eigenvalue weighted by Gasteiger charge is 2.30. The molecule has 1 aliphatic heterocycles. The molecule has 0 amide bonds. The van der Waals surface area contributed by atoms with Crippen LogP contribution in [0.25, 0.3) is 0 Å². The Morgan fingerprint density at radius 3 is 2.59 bits per heavy atom. The molecule has 1 saturated heterocycles. The van der Waals surface area contributed by atoms with Gasteiger partial charge in [0.15, 0.2) is 0 Å². The highest BCUT2D eigenvalue weighted by atomic mass is 35.5. The summed E-state index contributed by atoms with van der Waals surface area (Å²) in [7, 11) is 0.